The molecule has 0 radical (unpaired) electrons. The summed E-state index contributed by atoms with van der Waals surface area (Å²) in [4.78, 5) is 25.6. The second kappa shape index (κ2) is 3.87. The van der Waals surface area contributed by atoms with E-state index in [1.54, 1.807) is 0 Å². The van der Waals surface area contributed by atoms with Crippen molar-refractivity contribution in [3.05, 3.63) is 31.7 Å². The third-order valence-electron chi connectivity index (χ3n) is 1.50. The Balaban J connectivity index is 3.46. The average molecular weight is 316 g/mol. The van der Waals surface area contributed by atoms with Gasteiger partial charge in [-0.1, -0.05) is 0 Å². The lowest BCUT2D eigenvalue weighted by Gasteiger charge is -1.91. The number of nitriles is 1. The summed E-state index contributed by atoms with van der Waals surface area (Å²) in [5, 5.41) is 8.52. The first-order valence-electron chi connectivity index (χ1n) is 3.21. The molecule has 0 N–H and O–H groups in total. The molecule has 0 fully saturated rings. The van der Waals surface area contributed by atoms with Crippen LogP contribution in [0, 0.1) is 17.9 Å². The van der Waals surface area contributed by atoms with Gasteiger partial charge in [-0.2, -0.15) is 0 Å². The fraction of sp³-hybridized carbons (Fsp3) is 0. The molecule has 4 nitrogen and oxygen atoms in total. The molecule has 1 rings (SSSR count). The molecular formula is C8Br2N2O2. The second-order valence-electron chi connectivity index (χ2n) is 2.23. The molecule has 0 aliphatic heterocycles. The van der Waals surface area contributed by atoms with E-state index in [1.807, 2.05) is 0 Å². The summed E-state index contributed by atoms with van der Waals surface area (Å²) in [6, 6.07) is 1.51. The zero-order chi connectivity index (χ0) is 10.9. The molecule has 68 valence electrons. The van der Waals surface area contributed by atoms with E-state index in [9.17, 15) is 9.59 Å². The Labute approximate surface area is 96.0 Å². The number of allylic oxidation sites excluding steroid dienone is 4. The van der Waals surface area contributed by atoms with Crippen molar-refractivity contribution < 1.29 is 9.59 Å². The molecule has 0 spiro atoms. The van der Waals surface area contributed by atoms with E-state index >= 15 is 0 Å². The van der Waals surface area contributed by atoms with Gasteiger partial charge >= 0.3 is 0 Å². The minimum atomic E-state index is -0.630. The third-order valence-corrected chi connectivity index (χ3v) is 3.55. The molecule has 0 amide bonds. The number of carbonyl (C=O) groups excluding carboxylic acids is 2. The summed E-state index contributed by atoms with van der Waals surface area (Å²) in [5.74, 6) is -1.26. The Bertz CT molecular complexity index is 446. The summed E-state index contributed by atoms with van der Waals surface area (Å²) < 4.78 is 0.0998. The first kappa shape index (κ1) is 10.8. The van der Waals surface area contributed by atoms with Crippen molar-refractivity contribution >= 4 is 43.4 Å². The van der Waals surface area contributed by atoms with Gasteiger partial charge in [0.25, 0.3) is 5.70 Å². The normalized spacial score (nSPS) is 15.6. The summed E-state index contributed by atoms with van der Waals surface area (Å²) in [7, 11) is 0. The summed E-state index contributed by atoms with van der Waals surface area (Å²) in [5.41, 5.74) is -0.854. The molecular weight excluding hydrogens is 316 g/mol. The van der Waals surface area contributed by atoms with Crippen LogP contribution in [-0.4, -0.2) is 11.6 Å². The first-order valence-corrected chi connectivity index (χ1v) is 4.79. The van der Waals surface area contributed by atoms with Gasteiger partial charge in [0.1, 0.15) is 0 Å². The molecule has 0 aromatic rings. The van der Waals surface area contributed by atoms with E-state index in [2.05, 4.69) is 36.7 Å². The lowest BCUT2D eigenvalue weighted by molar-refractivity contribution is -0.115. The van der Waals surface area contributed by atoms with E-state index in [4.69, 9.17) is 11.8 Å². The maximum Gasteiger partial charge on any atom is 0.276 e. The molecule has 14 heavy (non-hydrogen) atoms. The van der Waals surface area contributed by atoms with Gasteiger partial charge in [-0.25, -0.2) is 10.1 Å². The SMILES string of the molecule is [C-]#[N+]C(C#N)=C1C(=O)C(Br)=C(Br)C1=O. The van der Waals surface area contributed by atoms with Crippen LogP contribution in [-0.2, 0) is 9.59 Å². The lowest BCUT2D eigenvalue weighted by Crippen LogP contribution is -2.05. The number of nitrogens with zero attached hydrogens (tertiary/aromatic N) is 2. The molecule has 0 bridgehead atoms. The molecule has 6 heteroatoms. The van der Waals surface area contributed by atoms with Crippen LogP contribution in [0.3, 0.4) is 0 Å². The highest BCUT2D eigenvalue weighted by molar-refractivity contribution is 9.14. The Hall–Kier alpha value is -1.24. The first-order chi connectivity index (χ1) is 6.54. The summed E-state index contributed by atoms with van der Waals surface area (Å²) in [6.45, 7) is 6.63. The van der Waals surface area contributed by atoms with Crippen molar-refractivity contribution in [2.24, 2.45) is 0 Å². The molecule has 1 aliphatic carbocycles. The largest absolute Gasteiger partial charge is 0.289 e. The summed E-state index contributed by atoms with van der Waals surface area (Å²) in [6.07, 6.45) is 0. The maximum absolute atomic E-state index is 11.4. The monoisotopic (exact) mass is 314 g/mol. The number of carbonyl (C=O) groups is 2. The van der Waals surface area contributed by atoms with E-state index in [-0.39, 0.29) is 14.5 Å². The number of halogens is 2. The highest BCUT2D eigenvalue weighted by atomic mass is 79.9. The van der Waals surface area contributed by atoms with E-state index in [1.165, 1.54) is 6.07 Å². The molecule has 0 heterocycles. The number of hydrogen-bond donors (Lipinski definition) is 0. The van der Waals surface area contributed by atoms with Gasteiger partial charge in [0.05, 0.1) is 27.2 Å². The van der Waals surface area contributed by atoms with Crippen LogP contribution in [0.4, 0.5) is 0 Å². The predicted molar refractivity (Wildman–Crippen MR) is 54.1 cm³/mol. The van der Waals surface area contributed by atoms with Gasteiger partial charge < -0.3 is 0 Å². The smallest absolute Gasteiger partial charge is 0.276 e. The zero-order valence-electron chi connectivity index (χ0n) is 6.47. The van der Waals surface area contributed by atoms with Crippen molar-refractivity contribution in [3.63, 3.8) is 0 Å². The van der Waals surface area contributed by atoms with Crippen LogP contribution in [0.1, 0.15) is 0 Å². The van der Waals surface area contributed by atoms with Gasteiger partial charge in [0.15, 0.2) is 11.6 Å². The zero-order valence-corrected chi connectivity index (χ0v) is 9.64. The molecule has 1 aliphatic rings. The fourth-order valence-corrected chi connectivity index (χ4v) is 1.63. The third kappa shape index (κ3) is 1.43. The van der Waals surface area contributed by atoms with Gasteiger partial charge in [-0.3, -0.25) is 9.59 Å². The van der Waals surface area contributed by atoms with Crippen LogP contribution in [0.5, 0.6) is 0 Å². The standard InChI is InChI=1S/C8Br2N2O2/c1-12-3(2-11)4-7(13)5(9)6(10)8(4)14. The summed E-state index contributed by atoms with van der Waals surface area (Å²) >= 11 is 5.78. The minimum absolute atomic E-state index is 0.0499. The molecule has 0 atom stereocenters. The maximum atomic E-state index is 11.4. The predicted octanol–water partition coefficient (Wildman–Crippen LogP) is 1.84. The van der Waals surface area contributed by atoms with Gasteiger partial charge in [0, 0.05) is 0 Å². The molecule has 0 aromatic heterocycles. The molecule has 0 saturated heterocycles. The van der Waals surface area contributed by atoms with E-state index in [0.717, 1.165) is 0 Å². The Morgan fingerprint density at radius 1 is 1.29 bits per heavy atom. The van der Waals surface area contributed by atoms with Crippen LogP contribution in [0.25, 0.3) is 4.85 Å². The number of rotatable bonds is 0. The van der Waals surface area contributed by atoms with E-state index < -0.39 is 17.3 Å². The van der Waals surface area contributed by atoms with Crippen molar-refractivity contribution in [1.82, 2.24) is 0 Å². The van der Waals surface area contributed by atoms with Crippen molar-refractivity contribution in [3.8, 4) is 6.07 Å². The molecule has 0 saturated carbocycles. The van der Waals surface area contributed by atoms with Crippen molar-refractivity contribution in [2.45, 2.75) is 0 Å². The lowest BCUT2D eigenvalue weighted by atomic mass is 10.1. The Kier molecular flexibility index (Phi) is 3.00. The Morgan fingerprint density at radius 2 is 1.71 bits per heavy atom. The quantitative estimate of drug-likeness (QED) is 0.296. The van der Waals surface area contributed by atoms with Gasteiger partial charge in [-0.15, -0.1) is 0 Å². The number of ketones is 2. The highest BCUT2D eigenvalue weighted by Gasteiger charge is 2.35. The van der Waals surface area contributed by atoms with Crippen LogP contribution in [0.2, 0.25) is 0 Å². The van der Waals surface area contributed by atoms with E-state index in [0.29, 0.717) is 0 Å². The fourth-order valence-electron chi connectivity index (χ4n) is 0.874. The highest BCUT2D eigenvalue weighted by Crippen LogP contribution is 2.34. The average Bonchev–Trinajstić information content (AvgIpc) is 2.37. The van der Waals surface area contributed by atoms with Crippen molar-refractivity contribution in [1.29, 1.82) is 5.26 Å². The second-order valence-corrected chi connectivity index (χ2v) is 3.82. The van der Waals surface area contributed by atoms with Crippen LogP contribution >= 0.6 is 31.9 Å². The van der Waals surface area contributed by atoms with Crippen LogP contribution in [0.15, 0.2) is 20.2 Å². The molecule has 0 aromatic carbocycles. The minimum Gasteiger partial charge on any atom is -0.289 e. The number of hydrogen-bond acceptors (Lipinski definition) is 3. The van der Waals surface area contributed by atoms with Gasteiger partial charge in [-0.05, 0) is 31.9 Å². The van der Waals surface area contributed by atoms with Gasteiger partial charge in [0.2, 0.25) is 0 Å². The van der Waals surface area contributed by atoms with Crippen molar-refractivity contribution in [2.75, 3.05) is 0 Å². The topological polar surface area (TPSA) is 62.3 Å². The number of Topliss-reactive ketones (excluding diaryl/α,β-unsaturated/α-hetero) is 2. The Morgan fingerprint density at radius 3 is 2.00 bits per heavy atom. The molecule has 0 unspecified atom stereocenters. The van der Waals surface area contributed by atoms with Crippen LogP contribution < -0.4 is 0 Å².